The van der Waals surface area contributed by atoms with Gasteiger partial charge in [0.2, 0.25) is 0 Å². The fourth-order valence-electron chi connectivity index (χ4n) is 2.87. The van der Waals surface area contributed by atoms with E-state index in [0.717, 1.165) is 0 Å². The van der Waals surface area contributed by atoms with Crippen molar-refractivity contribution in [3.05, 3.63) is 96.4 Å². The molecule has 2 aromatic carbocycles. The topological polar surface area (TPSA) is 101 Å². The first kappa shape index (κ1) is 21.7. The van der Waals surface area contributed by atoms with Gasteiger partial charge >= 0.3 is 0 Å². The minimum Gasteiger partial charge on any atom is -0.457 e. The highest BCUT2D eigenvalue weighted by molar-refractivity contribution is 5.94. The quantitative estimate of drug-likeness (QED) is 0.329. The van der Waals surface area contributed by atoms with Crippen LogP contribution in [-0.2, 0) is 0 Å². The zero-order valence-electron chi connectivity index (χ0n) is 17.5. The summed E-state index contributed by atoms with van der Waals surface area (Å²) in [4.78, 5) is 16.6. The molecule has 9 heteroatoms. The number of pyridine rings is 1. The molecule has 3 N–H and O–H groups in total. The Kier molecular flexibility index (Phi) is 7.01. The molecule has 4 rings (SSSR count). The second kappa shape index (κ2) is 10.7. The van der Waals surface area contributed by atoms with Gasteiger partial charge in [-0.05, 0) is 66.7 Å². The molecule has 4 aromatic rings. The predicted octanol–water partition coefficient (Wildman–Crippen LogP) is 4.39. The first-order valence-corrected chi connectivity index (χ1v) is 10.2. The lowest BCUT2D eigenvalue weighted by molar-refractivity contribution is 0.0955. The number of anilines is 3. The molecule has 2 heterocycles. The van der Waals surface area contributed by atoms with Gasteiger partial charge in [-0.2, -0.15) is 0 Å². The SMILES string of the molecule is O=C(NCCNc1ccc(Nc2ccccn2)nn1)c1cccc(Oc2ccc(F)cc2)c1. The van der Waals surface area contributed by atoms with Crippen LogP contribution < -0.4 is 20.7 Å². The van der Waals surface area contributed by atoms with Crippen molar-refractivity contribution < 1.29 is 13.9 Å². The Morgan fingerprint density at radius 2 is 1.64 bits per heavy atom. The molecule has 33 heavy (non-hydrogen) atoms. The number of hydrogen-bond donors (Lipinski definition) is 3. The van der Waals surface area contributed by atoms with Crippen LogP contribution in [-0.4, -0.2) is 34.2 Å². The molecule has 8 nitrogen and oxygen atoms in total. The number of aromatic nitrogens is 3. The third-order valence-corrected chi connectivity index (χ3v) is 4.45. The van der Waals surface area contributed by atoms with E-state index in [1.54, 1.807) is 42.6 Å². The number of rotatable bonds is 9. The van der Waals surface area contributed by atoms with Crippen molar-refractivity contribution in [2.75, 3.05) is 23.7 Å². The summed E-state index contributed by atoms with van der Waals surface area (Å²) in [5.74, 6) is 2.25. The highest BCUT2D eigenvalue weighted by atomic mass is 19.1. The number of carbonyl (C=O) groups is 1. The molecule has 0 aliphatic carbocycles. The normalized spacial score (nSPS) is 10.3. The molecular weight excluding hydrogens is 423 g/mol. The largest absolute Gasteiger partial charge is 0.457 e. The summed E-state index contributed by atoms with van der Waals surface area (Å²) in [6.45, 7) is 0.858. The van der Waals surface area contributed by atoms with Crippen LogP contribution >= 0.6 is 0 Å². The molecular formula is C24H21FN6O2. The summed E-state index contributed by atoms with van der Waals surface area (Å²) in [7, 11) is 0. The number of nitrogens with one attached hydrogen (secondary N) is 3. The first-order valence-electron chi connectivity index (χ1n) is 10.2. The molecule has 2 aromatic heterocycles. The van der Waals surface area contributed by atoms with Crippen molar-refractivity contribution in [3.63, 3.8) is 0 Å². The van der Waals surface area contributed by atoms with Gasteiger partial charge < -0.3 is 20.7 Å². The van der Waals surface area contributed by atoms with Gasteiger partial charge in [0.1, 0.15) is 29.0 Å². The van der Waals surface area contributed by atoms with E-state index in [4.69, 9.17) is 4.74 Å². The highest BCUT2D eigenvalue weighted by Crippen LogP contribution is 2.22. The minimum absolute atomic E-state index is 0.234. The van der Waals surface area contributed by atoms with E-state index in [9.17, 15) is 9.18 Å². The molecule has 0 aliphatic heterocycles. The number of benzene rings is 2. The Hall–Kier alpha value is -4.53. The molecule has 0 saturated carbocycles. The Balaban J connectivity index is 1.23. The van der Waals surface area contributed by atoms with Crippen molar-refractivity contribution in [3.8, 4) is 11.5 Å². The zero-order chi connectivity index (χ0) is 22.9. The van der Waals surface area contributed by atoms with Crippen LogP contribution in [0.2, 0.25) is 0 Å². The highest BCUT2D eigenvalue weighted by Gasteiger charge is 2.07. The van der Waals surface area contributed by atoms with Gasteiger partial charge in [-0.15, -0.1) is 10.2 Å². The Morgan fingerprint density at radius 1 is 0.818 bits per heavy atom. The van der Waals surface area contributed by atoms with Gasteiger partial charge in [0, 0.05) is 24.8 Å². The summed E-state index contributed by atoms with van der Waals surface area (Å²) in [6.07, 6.45) is 1.69. The van der Waals surface area contributed by atoms with E-state index in [2.05, 4.69) is 31.1 Å². The van der Waals surface area contributed by atoms with Crippen LogP contribution in [0, 0.1) is 5.82 Å². The van der Waals surface area contributed by atoms with Crippen LogP contribution in [0.5, 0.6) is 11.5 Å². The van der Waals surface area contributed by atoms with Gasteiger partial charge in [-0.3, -0.25) is 4.79 Å². The lowest BCUT2D eigenvalue weighted by atomic mass is 10.2. The van der Waals surface area contributed by atoms with Crippen LogP contribution in [0.3, 0.4) is 0 Å². The minimum atomic E-state index is -0.341. The van der Waals surface area contributed by atoms with Gasteiger partial charge in [-0.25, -0.2) is 9.37 Å². The second-order valence-corrected chi connectivity index (χ2v) is 6.91. The number of ether oxygens (including phenoxy) is 1. The maximum Gasteiger partial charge on any atom is 0.251 e. The van der Waals surface area contributed by atoms with E-state index in [1.807, 2.05) is 18.2 Å². The number of carbonyl (C=O) groups excluding carboxylic acids is 1. The molecule has 0 radical (unpaired) electrons. The van der Waals surface area contributed by atoms with E-state index >= 15 is 0 Å². The molecule has 0 aliphatic rings. The maximum absolute atomic E-state index is 13.0. The maximum atomic E-state index is 13.0. The summed E-state index contributed by atoms with van der Waals surface area (Å²) >= 11 is 0. The lowest BCUT2D eigenvalue weighted by Gasteiger charge is -2.10. The molecule has 1 amide bonds. The molecule has 0 unspecified atom stereocenters. The average molecular weight is 444 g/mol. The Bertz CT molecular complexity index is 1190. The fraction of sp³-hybridized carbons (Fsp3) is 0.0833. The fourth-order valence-corrected chi connectivity index (χ4v) is 2.87. The zero-order valence-corrected chi connectivity index (χ0v) is 17.5. The number of hydrogen-bond acceptors (Lipinski definition) is 7. The van der Waals surface area contributed by atoms with Gasteiger partial charge in [0.15, 0.2) is 5.82 Å². The third kappa shape index (κ3) is 6.47. The summed E-state index contributed by atoms with van der Waals surface area (Å²) in [5, 5.41) is 17.2. The van der Waals surface area contributed by atoms with E-state index < -0.39 is 0 Å². The number of nitrogens with zero attached hydrogens (tertiary/aromatic N) is 3. The summed E-state index contributed by atoms with van der Waals surface area (Å²) in [6, 6.07) is 21.6. The lowest BCUT2D eigenvalue weighted by Crippen LogP contribution is -2.28. The Morgan fingerprint density at radius 3 is 2.39 bits per heavy atom. The number of halogens is 1. The molecule has 0 atom stereocenters. The third-order valence-electron chi connectivity index (χ3n) is 4.45. The van der Waals surface area contributed by atoms with E-state index in [0.29, 0.717) is 47.6 Å². The van der Waals surface area contributed by atoms with E-state index in [-0.39, 0.29) is 11.7 Å². The number of amides is 1. The predicted molar refractivity (Wildman–Crippen MR) is 123 cm³/mol. The molecule has 0 saturated heterocycles. The molecule has 0 bridgehead atoms. The van der Waals surface area contributed by atoms with Crippen molar-refractivity contribution >= 4 is 23.4 Å². The summed E-state index contributed by atoms with van der Waals surface area (Å²) in [5.41, 5.74) is 0.458. The van der Waals surface area contributed by atoms with Crippen molar-refractivity contribution in [2.24, 2.45) is 0 Å². The monoisotopic (exact) mass is 444 g/mol. The van der Waals surface area contributed by atoms with Gasteiger partial charge in [0.25, 0.3) is 5.91 Å². The Labute approximate surface area is 189 Å². The molecule has 0 fully saturated rings. The van der Waals surface area contributed by atoms with Crippen LogP contribution in [0.4, 0.5) is 21.8 Å². The van der Waals surface area contributed by atoms with Gasteiger partial charge in [-0.1, -0.05) is 12.1 Å². The molecule has 166 valence electrons. The van der Waals surface area contributed by atoms with Crippen molar-refractivity contribution in [1.29, 1.82) is 0 Å². The first-order chi connectivity index (χ1) is 16.2. The standard InChI is InChI=1S/C24H21FN6O2/c25-18-7-9-19(10-8-18)33-20-5-3-4-17(16-20)24(32)28-15-14-27-22-11-12-23(31-30-22)29-21-6-1-2-13-26-21/h1-13,16H,14-15H2,(H,27,30)(H,28,32)(H,26,29,31). The van der Waals surface area contributed by atoms with Crippen LogP contribution in [0.15, 0.2) is 85.1 Å². The van der Waals surface area contributed by atoms with Gasteiger partial charge in [0.05, 0.1) is 0 Å². The van der Waals surface area contributed by atoms with E-state index in [1.165, 1.54) is 24.3 Å². The van der Waals surface area contributed by atoms with Crippen LogP contribution in [0.1, 0.15) is 10.4 Å². The molecule has 0 spiro atoms. The average Bonchev–Trinajstić information content (AvgIpc) is 2.85. The van der Waals surface area contributed by atoms with Crippen molar-refractivity contribution in [1.82, 2.24) is 20.5 Å². The second-order valence-electron chi connectivity index (χ2n) is 6.91. The van der Waals surface area contributed by atoms with Crippen LogP contribution in [0.25, 0.3) is 0 Å². The summed E-state index contributed by atoms with van der Waals surface area (Å²) < 4.78 is 18.7. The van der Waals surface area contributed by atoms with Crippen molar-refractivity contribution in [2.45, 2.75) is 0 Å². The smallest absolute Gasteiger partial charge is 0.251 e.